The summed E-state index contributed by atoms with van der Waals surface area (Å²) in [7, 11) is 0. The molecule has 0 saturated carbocycles. The Kier molecular flexibility index (Phi) is 3.25. The van der Waals surface area contributed by atoms with Crippen LogP contribution in [-0.4, -0.2) is 15.2 Å². The minimum atomic E-state index is -0.572. The molecule has 0 bridgehead atoms. The van der Waals surface area contributed by atoms with Crippen LogP contribution in [0, 0.1) is 5.92 Å². The smallest absolute Gasteiger partial charge is 0.129 e. The molecule has 2 heterocycles. The van der Waals surface area contributed by atoms with E-state index in [1.807, 2.05) is 24.3 Å². The van der Waals surface area contributed by atoms with Crippen LogP contribution in [0.1, 0.15) is 23.7 Å². The van der Waals surface area contributed by atoms with Gasteiger partial charge in [-0.05, 0) is 29.7 Å². The molecule has 0 amide bonds. The Bertz CT molecular complexity index is 588. The van der Waals surface area contributed by atoms with Gasteiger partial charge in [0.2, 0.25) is 0 Å². The molecule has 4 heteroatoms. The number of hydrogen-bond acceptors (Lipinski definition) is 4. The molecule has 0 saturated heterocycles. The first-order valence-electron chi connectivity index (χ1n) is 6.20. The van der Waals surface area contributed by atoms with Crippen LogP contribution < -0.4 is 0 Å². The number of rotatable bonds is 3. The molecule has 3 rings (SSSR count). The van der Waals surface area contributed by atoms with Gasteiger partial charge in [-0.25, -0.2) is 0 Å². The van der Waals surface area contributed by atoms with Gasteiger partial charge in [0.15, 0.2) is 0 Å². The largest absolute Gasteiger partial charge is 0.388 e. The molecule has 96 valence electrons. The summed E-state index contributed by atoms with van der Waals surface area (Å²) in [5.74, 6) is 0.0602. The van der Waals surface area contributed by atoms with Crippen LogP contribution in [-0.2, 0) is 0 Å². The van der Waals surface area contributed by atoms with Gasteiger partial charge in [-0.15, -0.1) is 0 Å². The molecule has 2 aromatic heterocycles. The number of pyridine rings is 1. The van der Waals surface area contributed by atoms with Crippen LogP contribution in [0.25, 0.3) is 5.57 Å². The Balaban J connectivity index is 1.73. The molecule has 0 aliphatic heterocycles. The first-order valence-corrected chi connectivity index (χ1v) is 6.20. The van der Waals surface area contributed by atoms with Crippen molar-refractivity contribution in [3.05, 3.63) is 66.3 Å². The molecule has 1 aliphatic carbocycles. The molecule has 4 nitrogen and oxygen atoms in total. The van der Waals surface area contributed by atoms with Crippen LogP contribution >= 0.6 is 0 Å². The van der Waals surface area contributed by atoms with Gasteiger partial charge < -0.3 is 9.63 Å². The second kappa shape index (κ2) is 5.20. The van der Waals surface area contributed by atoms with E-state index in [1.165, 1.54) is 6.26 Å². The summed E-state index contributed by atoms with van der Waals surface area (Å²) in [6.45, 7) is 0. The molecule has 0 spiro atoms. The number of aromatic nitrogens is 2. The van der Waals surface area contributed by atoms with Crippen molar-refractivity contribution in [2.24, 2.45) is 5.92 Å². The van der Waals surface area contributed by atoms with Crippen LogP contribution in [0.3, 0.4) is 0 Å². The maximum absolute atomic E-state index is 10.2. The topological polar surface area (TPSA) is 59.2 Å². The second-order valence-electron chi connectivity index (χ2n) is 4.56. The van der Waals surface area contributed by atoms with Gasteiger partial charge in [-0.3, -0.25) is 4.98 Å². The number of hydrogen-bond donors (Lipinski definition) is 1. The summed E-state index contributed by atoms with van der Waals surface area (Å²) >= 11 is 0. The maximum atomic E-state index is 10.2. The number of nitrogens with zero attached hydrogens (tertiary/aromatic N) is 2. The van der Waals surface area contributed by atoms with E-state index in [1.54, 1.807) is 18.6 Å². The van der Waals surface area contributed by atoms with E-state index in [0.29, 0.717) is 0 Å². The molecule has 1 N–H and O–H groups in total. The standard InChI is InChI=1S/C15H14N2O2/c18-15(14-9-17-19-10-14)13-3-1-11(2-4-13)12-5-7-16-8-6-12/h1-3,5-10,13,15,18H,4H2. The summed E-state index contributed by atoms with van der Waals surface area (Å²) < 4.78 is 4.76. The molecule has 0 fully saturated rings. The van der Waals surface area contributed by atoms with Gasteiger partial charge in [0.25, 0.3) is 0 Å². The van der Waals surface area contributed by atoms with Gasteiger partial charge in [-0.1, -0.05) is 23.4 Å². The Morgan fingerprint density at radius 1 is 1.32 bits per heavy atom. The third kappa shape index (κ3) is 2.48. The molecule has 0 radical (unpaired) electrons. The monoisotopic (exact) mass is 254 g/mol. The zero-order valence-corrected chi connectivity index (χ0v) is 10.3. The lowest BCUT2D eigenvalue weighted by atomic mass is 9.88. The fraction of sp³-hybridized carbons (Fsp3) is 0.200. The Labute approximate surface area is 111 Å². The molecular weight excluding hydrogens is 240 g/mol. The zero-order valence-electron chi connectivity index (χ0n) is 10.3. The average Bonchev–Trinajstić information content (AvgIpc) is 3.02. The number of aliphatic hydroxyl groups excluding tert-OH is 1. The highest BCUT2D eigenvalue weighted by Gasteiger charge is 2.21. The Morgan fingerprint density at radius 2 is 2.16 bits per heavy atom. The Hall–Kier alpha value is -2.20. The van der Waals surface area contributed by atoms with Crippen LogP contribution in [0.15, 0.2) is 59.7 Å². The van der Waals surface area contributed by atoms with E-state index in [4.69, 9.17) is 4.52 Å². The highest BCUT2D eigenvalue weighted by Crippen LogP contribution is 2.31. The third-order valence-corrected chi connectivity index (χ3v) is 3.35. The van der Waals surface area contributed by atoms with Crippen molar-refractivity contribution in [1.82, 2.24) is 10.1 Å². The average molecular weight is 254 g/mol. The van der Waals surface area contributed by atoms with Gasteiger partial charge >= 0.3 is 0 Å². The van der Waals surface area contributed by atoms with E-state index >= 15 is 0 Å². The van der Waals surface area contributed by atoms with E-state index in [9.17, 15) is 5.11 Å². The van der Waals surface area contributed by atoms with E-state index in [0.717, 1.165) is 23.1 Å². The van der Waals surface area contributed by atoms with E-state index < -0.39 is 6.10 Å². The molecule has 19 heavy (non-hydrogen) atoms. The van der Waals surface area contributed by atoms with Crippen molar-refractivity contribution in [3.8, 4) is 0 Å². The zero-order chi connectivity index (χ0) is 13.1. The van der Waals surface area contributed by atoms with Crippen LogP contribution in [0.4, 0.5) is 0 Å². The van der Waals surface area contributed by atoms with E-state index in [2.05, 4.69) is 16.2 Å². The summed E-state index contributed by atoms with van der Waals surface area (Å²) in [4.78, 5) is 4.01. The maximum Gasteiger partial charge on any atom is 0.129 e. The van der Waals surface area contributed by atoms with Crippen molar-refractivity contribution in [1.29, 1.82) is 0 Å². The van der Waals surface area contributed by atoms with Crippen molar-refractivity contribution in [3.63, 3.8) is 0 Å². The summed E-state index contributed by atoms with van der Waals surface area (Å²) in [6, 6.07) is 3.96. The second-order valence-corrected chi connectivity index (χ2v) is 4.56. The number of aliphatic hydroxyl groups is 1. The number of allylic oxidation sites excluding steroid dienone is 3. The predicted molar refractivity (Wildman–Crippen MR) is 70.9 cm³/mol. The van der Waals surface area contributed by atoms with Crippen molar-refractivity contribution in [2.75, 3.05) is 0 Å². The molecule has 2 atom stereocenters. The summed E-state index contributed by atoms with van der Waals surface area (Å²) in [5.41, 5.74) is 3.02. The van der Waals surface area contributed by atoms with E-state index in [-0.39, 0.29) is 5.92 Å². The minimum absolute atomic E-state index is 0.0602. The normalized spacial score (nSPS) is 20.1. The minimum Gasteiger partial charge on any atom is -0.388 e. The molecule has 1 aliphatic rings. The highest BCUT2D eigenvalue weighted by atomic mass is 16.5. The Morgan fingerprint density at radius 3 is 2.79 bits per heavy atom. The van der Waals surface area contributed by atoms with Gasteiger partial charge in [0.05, 0.1) is 12.3 Å². The lowest BCUT2D eigenvalue weighted by Gasteiger charge is -2.20. The van der Waals surface area contributed by atoms with Gasteiger partial charge in [0, 0.05) is 23.9 Å². The quantitative estimate of drug-likeness (QED) is 0.915. The van der Waals surface area contributed by atoms with Crippen molar-refractivity contribution in [2.45, 2.75) is 12.5 Å². The van der Waals surface area contributed by atoms with Crippen LogP contribution in [0.5, 0.6) is 0 Å². The molecule has 0 aromatic carbocycles. The first-order chi connectivity index (χ1) is 9.34. The SMILES string of the molecule is OC(c1cnoc1)C1C=CC(c2ccncc2)=CC1. The van der Waals surface area contributed by atoms with Crippen molar-refractivity contribution >= 4 is 5.57 Å². The first kappa shape index (κ1) is 11.9. The van der Waals surface area contributed by atoms with Gasteiger partial charge in [0.1, 0.15) is 6.26 Å². The summed E-state index contributed by atoms with van der Waals surface area (Å²) in [6.07, 6.45) is 13.0. The van der Waals surface area contributed by atoms with Gasteiger partial charge in [-0.2, -0.15) is 0 Å². The highest BCUT2D eigenvalue weighted by molar-refractivity contribution is 5.74. The molecule has 2 unspecified atom stereocenters. The lowest BCUT2D eigenvalue weighted by molar-refractivity contribution is 0.131. The molecule has 2 aromatic rings. The lowest BCUT2D eigenvalue weighted by Crippen LogP contribution is -2.11. The van der Waals surface area contributed by atoms with Crippen LogP contribution in [0.2, 0.25) is 0 Å². The summed E-state index contributed by atoms with van der Waals surface area (Å²) in [5, 5.41) is 13.8. The van der Waals surface area contributed by atoms with Crippen molar-refractivity contribution < 1.29 is 9.63 Å². The molecular formula is C15H14N2O2. The predicted octanol–water partition coefficient (Wildman–Crippen LogP) is 2.76. The third-order valence-electron chi connectivity index (χ3n) is 3.35. The fourth-order valence-electron chi connectivity index (χ4n) is 2.24. The fourth-order valence-corrected chi connectivity index (χ4v) is 2.24.